The van der Waals surface area contributed by atoms with Crippen molar-refractivity contribution in [2.45, 2.75) is 32.4 Å². The number of aromatic nitrogens is 6. The Balaban J connectivity index is 0.000000137. The van der Waals surface area contributed by atoms with E-state index < -0.39 is 0 Å². The Labute approximate surface area is 375 Å². The van der Waals surface area contributed by atoms with Crippen molar-refractivity contribution in [3.63, 3.8) is 0 Å². The van der Waals surface area contributed by atoms with E-state index in [4.69, 9.17) is 69.6 Å². The van der Waals surface area contributed by atoms with E-state index in [-0.39, 0.29) is 0 Å². The Morgan fingerprint density at radius 3 is 1.12 bits per heavy atom. The summed E-state index contributed by atoms with van der Waals surface area (Å²) in [6.45, 7) is 1.55. The van der Waals surface area contributed by atoms with Crippen LogP contribution in [0.4, 0.5) is 0 Å². The number of alkyl halides is 1. The van der Waals surface area contributed by atoms with E-state index in [9.17, 15) is 0 Å². The van der Waals surface area contributed by atoms with E-state index in [0.717, 1.165) is 37.7 Å². The molecule has 6 nitrogen and oxygen atoms in total. The van der Waals surface area contributed by atoms with Gasteiger partial charge in [-0.25, -0.2) is 15.0 Å². The SMILES string of the molecule is BrCCc1ccc2ccccc2c1.Clc1nc[nH]c1Cl.Clc1ncn(CCc2ccc3ccccc3c2)c1Cl.Clc1ncn(CCc2ccc3ccccc3c2)c1Cl. The maximum Gasteiger partial charge on any atom is 0.166 e. The van der Waals surface area contributed by atoms with Gasteiger partial charge in [-0.05, 0) is 68.3 Å². The number of aryl methyl sites for hydroxylation is 5. The van der Waals surface area contributed by atoms with Gasteiger partial charge < -0.3 is 14.1 Å². The van der Waals surface area contributed by atoms with Crippen LogP contribution in [0.3, 0.4) is 0 Å². The van der Waals surface area contributed by atoms with Gasteiger partial charge in [0.1, 0.15) is 15.5 Å². The van der Waals surface area contributed by atoms with Crippen LogP contribution in [0, 0.1) is 0 Å². The van der Waals surface area contributed by atoms with Crippen LogP contribution in [0.15, 0.2) is 146 Å². The predicted molar refractivity (Wildman–Crippen MR) is 250 cm³/mol. The summed E-state index contributed by atoms with van der Waals surface area (Å²) < 4.78 is 3.72. The number of hydrogen-bond donors (Lipinski definition) is 1. The van der Waals surface area contributed by atoms with Crippen molar-refractivity contribution in [1.29, 1.82) is 0 Å². The third-order valence-electron chi connectivity index (χ3n) is 9.12. The molecule has 0 atom stereocenters. The summed E-state index contributed by atoms with van der Waals surface area (Å²) in [5.41, 5.74) is 3.95. The number of rotatable bonds is 8. The summed E-state index contributed by atoms with van der Waals surface area (Å²) in [5.74, 6) is 0. The molecular formula is C45H37BrCl6N6. The van der Waals surface area contributed by atoms with Crippen molar-refractivity contribution in [3.8, 4) is 0 Å². The Bertz CT molecular complexity index is 2570. The molecule has 58 heavy (non-hydrogen) atoms. The van der Waals surface area contributed by atoms with Crippen molar-refractivity contribution in [2.75, 3.05) is 5.33 Å². The molecule has 3 aromatic heterocycles. The summed E-state index contributed by atoms with van der Waals surface area (Å²) in [7, 11) is 0. The van der Waals surface area contributed by atoms with E-state index in [1.165, 1.54) is 55.3 Å². The Kier molecular flexibility index (Phi) is 16.4. The maximum atomic E-state index is 6.04. The molecule has 0 amide bonds. The molecule has 0 aliphatic heterocycles. The van der Waals surface area contributed by atoms with Gasteiger partial charge in [-0.2, -0.15) is 0 Å². The minimum Gasteiger partial charge on any atom is -0.334 e. The van der Waals surface area contributed by atoms with Crippen molar-refractivity contribution >= 4 is 118 Å². The van der Waals surface area contributed by atoms with E-state index in [0.29, 0.717) is 30.9 Å². The van der Waals surface area contributed by atoms with Gasteiger partial charge in [0.15, 0.2) is 15.5 Å². The highest BCUT2D eigenvalue weighted by Crippen LogP contribution is 2.23. The smallest absolute Gasteiger partial charge is 0.166 e. The van der Waals surface area contributed by atoms with Crippen LogP contribution in [0.25, 0.3) is 32.3 Å². The second-order valence-electron chi connectivity index (χ2n) is 13.0. The molecule has 0 spiro atoms. The molecule has 0 saturated carbocycles. The van der Waals surface area contributed by atoms with Crippen LogP contribution >= 0.6 is 85.5 Å². The van der Waals surface area contributed by atoms with E-state index in [1.54, 1.807) is 12.7 Å². The van der Waals surface area contributed by atoms with Crippen LogP contribution < -0.4 is 0 Å². The molecule has 0 aliphatic carbocycles. The first-order chi connectivity index (χ1) is 28.2. The normalized spacial score (nSPS) is 10.7. The highest BCUT2D eigenvalue weighted by atomic mass is 79.9. The van der Waals surface area contributed by atoms with Gasteiger partial charge in [-0.1, -0.05) is 213 Å². The first-order valence-corrected chi connectivity index (χ1v) is 21.6. The predicted octanol–water partition coefficient (Wildman–Crippen LogP) is 14.7. The molecule has 6 aromatic carbocycles. The highest BCUT2D eigenvalue weighted by molar-refractivity contribution is 9.09. The van der Waals surface area contributed by atoms with Crippen molar-refractivity contribution in [3.05, 3.63) is 194 Å². The molecule has 1 N–H and O–H groups in total. The van der Waals surface area contributed by atoms with Crippen LogP contribution in [0.2, 0.25) is 30.9 Å². The zero-order valence-corrected chi connectivity index (χ0v) is 37.1. The van der Waals surface area contributed by atoms with Crippen LogP contribution in [-0.2, 0) is 32.4 Å². The number of aromatic amines is 1. The number of H-pyrrole nitrogens is 1. The minimum absolute atomic E-state index is 0.321. The lowest BCUT2D eigenvalue weighted by molar-refractivity contribution is 0.697. The van der Waals surface area contributed by atoms with Crippen LogP contribution in [0.1, 0.15) is 16.7 Å². The Hall–Kier alpha value is -4.05. The van der Waals surface area contributed by atoms with Gasteiger partial charge in [0, 0.05) is 18.4 Å². The fourth-order valence-corrected chi connectivity index (χ4v) is 7.37. The minimum atomic E-state index is 0.321. The van der Waals surface area contributed by atoms with Crippen LogP contribution in [-0.4, -0.2) is 34.4 Å². The molecule has 13 heteroatoms. The molecule has 0 fully saturated rings. The number of fused-ring (bicyclic) bond motifs is 3. The van der Waals surface area contributed by atoms with Gasteiger partial charge in [-0.15, -0.1) is 0 Å². The number of hydrogen-bond acceptors (Lipinski definition) is 3. The van der Waals surface area contributed by atoms with Gasteiger partial charge in [-0.3, -0.25) is 0 Å². The second-order valence-corrected chi connectivity index (χ2v) is 16.0. The highest BCUT2D eigenvalue weighted by Gasteiger charge is 2.07. The average molecular weight is 954 g/mol. The molecule has 296 valence electrons. The summed E-state index contributed by atoms with van der Waals surface area (Å²) in [5, 5.41) is 11.2. The average Bonchev–Trinajstić information content (AvgIpc) is 3.91. The molecular weight excluding hydrogens is 917 g/mol. The summed E-state index contributed by atoms with van der Waals surface area (Å²) in [4.78, 5) is 14.1. The number of nitrogens with one attached hydrogen (secondary N) is 1. The van der Waals surface area contributed by atoms with E-state index in [1.807, 2.05) is 9.13 Å². The topological polar surface area (TPSA) is 64.3 Å². The summed E-state index contributed by atoms with van der Waals surface area (Å²) in [6.07, 6.45) is 7.68. The van der Waals surface area contributed by atoms with Crippen molar-refractivity contribution < 1.29 is 0 Å². The molecule has 0 radical (unpaired) electrons. The molecule has 9 aromatic rings. The number of nitrogens with zero attached hydrogens (tertiary/aromatic N) is 5. The lowest BCUT2D eigenvalue weighted by Crippen LogP contribution is -2.00. The standard InChI is InChI=1S/2C15H12Cl2N2.C12H11Br.C3H2Cl2N2/c2*16-14-15(17)19(10-18-14)8-7-11-5-6-12-3-1-2-4-13(12)9-11;13-8-7-10-5-6-11-3-1-2-4-12(11)9-10;4-2-3(5)7-1-6-2/h2*1-6,9-10H,7-8H2;1-6,9H,7-8H2;1H,(H,6,7). The largest absolute Gasteiger partial charge is 0.334 e. The lowest BCUT2D eigenvalue weighted by atomic mass is 10.1. The van der Waals surface area contributed by atoms with Crippen molar-refractivity contribution in [2.24, 2.45) is 0 Å². The van der Waals surface area contributed by atoms with Gasteiger partial charge >= 0.3 is 0 Å². The molecule has 0 saturated heterocycles. The number of benzene rings is 6. The Morgan fingerprint density at radius 2 is 0.828 bits per heavy atom. The molecule has 0 unspecified atom stereocenters. The molecule has 0 bridgehead atoms. The first kappa shape index (κ1) is 43.5. The fourth-order valence-electron chi connectivity index (χ4n) is 6.05. The second kappa shape index (κ2) is 21.8. The van der Waals surface area contributed by atoms with E-state index in [2.05, 4.69) is 163 Å². The number of imidazole rings is 3. The zero-order valence-electron chi connectivity index (χ0n) is 31.0. The van der Waals surface area contributed by atoms with Gasteiger partial charge in [0.2, 0.25) is 0 Å². The maximum absolute atomic E-state index is 6.04. The summed E-state index contributed by atoms with van der Waals surface area (Å²) >= 11 is 37.9. The number of halogens is 7. The first-order valence-electron chi connectivity index (χ1n) is 18.2. The monoisotopic (exact) mass is 950 g/mol. The third kappa shape index (κ3) is 12.2. The fraction of sp³-hybridized carbons (Fsp3) is 0.133. The molecule has 3 heterocycles. The molecule has 0 aliphatic rings. The van der Waals surface area contributed by atoms with Gasteiger partial charge in [0.05, 0.1) is 19.0 Å². The van der Waals surface area contributed by atoms with Crippen LogP contribution in [0.5, 0.6) is 0 Å². The zero-order chi connectivity index (χ0) is 40.9. The lowest BCUT2D eigenvalue weighted by Gasteiger charge is -2.06. The van der Waals surface area contributed by atoms with Crippen molar-refractivity contribution in [1.82, 2.24) is 29.1 Å². The van der Waals surface area contributed by atoms with E-state index >= 15 is 0 Å². The van der Waals surface area contributed by atoms with Gasteiger partial charge in [0.25, 0.3) is 0 Å². The third-order valence-corrected chi connectivity index (χ3v) is 11.7. The molecule has 9 rings (SSSR count). The summed E-state index contributed by atoms with van der Waals surface area (Å²) in [6, 6.07) is 44.8. The Morgan fingerprint density at radius 1 is 0.448 bits per heavy atom. The quantitative estimate of drug-likeness (QED) is 0.154.